The summed E-state index contributed by atoms with van der Waals surface area (Å²) >= 11 is 4.25. The van der Waals surface area contributed by atoms with Crippen molar-refractivity contribution in [3.63, 3.8) is 0 Å². The van der Waals surface area contributed by atoms with Crippen molar-refractivity contribution in [2.45, 2.75) is 11.8 Å². The number of thiol groups is 1. The minimum Gasteiger partial charge on any atom is -0.326 e. The third-order valence-electron chi connectivity index (χ3n) is 3.03. The van der Waals surface area contributed by atoms with Crippen molar-refractivity contribution in [3.05, 3.63) is 48.7 Å². The fourth-order valence-electron chi connectivity index (χ4n) is 2.04. The summed E-state index contributed by atoms with van der Waals surface area (Å²) in [7, 11) is 0. The third-order valence-corrected chi connectivity index (χ3v) is 3.32. The zero-order valence-electron chi connectivity index (χ0n) is 11.9. The maximum absolute atomic E-state index is 11.1. The number of nitrogens with zero attached hydrogens (tertiary/aromatic N) is 2. The molecule has 0 aliphatic heterocycles. The van der Waals surface area contributed by atoms with E-state index in [9.17, 15) is 4.79 Å². The van der Waals surface area contributed by atoms with Crippen molar-refractivity contribution in [3.8, 4) is 0 Å². The highest BCUT2D eigenvalue weighted by molar-refractivity contribution is 7.80. The summed E-state index contributed by atoms with van der Waals surface area (Å²) in [6.07, 6.45) is 1.75. The molecule has 0 aliphatic rings. The normalized spacial score (nSPS) is 10.5. The van der Waals surface area contributed by atoms with Gasteiger partial charge in [0.05, 0.1) is 5.52 Å². The van der Waals surface area contributed by atoms with E-state index in [0.717, 1.165) is 21.5 Å². The van der Waals surface area contributed by atoms with Gasteiger partial charge >= 0.3 is 0 Å². The summed E-state index contributed by atoms with van der Waals surface area (Å²) < 4.78 is 0. The molecule has 1 amide bonds. The summed E-state index contributed by atoms with van der Waals surface area (Å²) in [4.78, 5) is 20.8. The molecule has 2 aromatic carbocycles. The van der Waals surface area contributed by atoms with Crippen LogP contribution in [-0.4, -0.2) is 15.9 Å². The lowest BCUT2D eigenvalue weighted by atomic mass is 10.2. The Kier molecular flexibility index (Phi) is 3.93. The van der Waals surface area contributed by atoms with Crippen LogP contribution in [0.25, 0.3) is 10.9 Å². The van der Waals surface area contributed by atoms with Gasteiger partial charge in [0.1, 0.15) is 0 Å². The molecule has 0 saturated heterocycles. The minimum absolute atomic E-state index is 0.112. The highest BCUT2D eigenvalue weighted by atomic mass is 32.1. The van der Waals surface area contributed by atoms with E-state index in [2.05, 4.69) is 33.2 Å². The number of amides is 1. The fraction of sp³-hybridized carbons (Fsp3) is 0.0625. The first-order chi connectivity index (χ1) is 10.6. The molecule has 0 radical (unpaired) electrons. The van der Waals surface area contributed by atoms with E-state index in [1.807, 2.05) is 42.5 Å². The Bertz CT molecular complexity index is 833. The van der Waals surface area contributed by atoms with Crippen LogP contribution in [0.5, 0.6) is 0 Å². The van der Waals surface area contributed by atoms with Gasteiger partial charge in [0.25, 0.3) is 0 Å². The highest BCUT2D eigenvalue weighted by Gasteiger charge is 2.03. The molecule has 1 heterocycles. The number of benzene rings is 2. The van der Waals surface area contributed by atoms with Gasteiger partial charge < -0.3 is 10.6 Å². The first-order valence-electron chi connectivity index (χ1n) is 6.70. The molecule has 5 nitrogen and oxygen atoms in total. The number of carbonyl (C=O) groups is 1. The van der Waals surface area contributed by atoms with Crippen LogP contribution in [0.3, 0.4) is 0 Å². The van der Waals surface area contributed by atoms with E-state index >= 15 is 0 Å². The van der Waals surface area contributed by atoms with E-state index in [1.165, 1.54) is 6.92 Å². The molecule has 0 fully saturated rings. The monoisotopic (exact) mass is 310 g/mol. The second kappa shape index (κ2) is 6.03. The predicted molar refractivity (Wildman–Crippen MR) is 90.8 cm³/mol. The Morgan fingerprint density at radius 3 is 2.55 bits per heavy atom. The van der Waals surface area contributed by atoms with Gasteiger partial charge in [-0.05, 0) is 42.5 Å². The van der Waals surface area contributed by atoms with Gasteiger partial charge in [-0.25, -0.2) is 9.97 Å². The minimum atomic E-state index is -0.112. The fourth-order valence-corrected chi connectivity index (χ4v) is 2.19. The maximum Gasteiger partial charge on any atom is 0.227 e. The summed E-state index contributed by atoms with van der Waals surface area (Å²) in [5, 5.41) is 6.79. The van der Waals surface area contributed by atoms with Crippen LogP contribution in [0.4, 0.5) is 17.3 Å². The molecule has 1 aromatic heterocycles. The molecule has 0 bridgehead atoms. The van der Waals surface area contributed by atoms with Crippen molar-refractivity contribution < 1.29 is 4.79 Å². The van der Waals surface area contributed by atoms with E-state index in [0.29, 0.717) is 11.6 Å². The number of hydrogen-bond acceptors (Lipinski definition) is 5. The molecule has 3 rings (SSSR count). The molecule has 2 N–H and O–H groups in total. The lowest BCUT2D eigenvalue weighted by Crippen LogP contribution is -2.05. The van der Waals surface area contributed by atoms with Gasteiger partial charge in [-0.3, -0.25) is 4.79 Å². The Hall–Kier alpha value is -2.60. The van der Waals surface area contributed by atoms with Crippen LogP contribution in [0.1, 0.15) is 6.92 Å². The summed E-state index contributed by atoms with van der Waals surface area (Å²) in [6.45, 7) is 1.47. The SMILES string of the molecule is CC(=O)Nc1ccc2cnc(Nc3ccc(S)cc3)nc2c1. The number of nitrogens with one attached hydrogen (secondary N) is 2. The zero-order valence-corrected chi connectivity index (χ0v) is 12.8. The van der Waals surface area contributed by atoms with Crippen LogP contribution in [-0.2, 0) is 4.79 Å². The van der Waals surface area contributed by atoms with Gasteiger partial charge in [0.2, 0.25) is 11.9 Å². The number of anilines is 3. The third kappa shape index (κ3) is 3.35. The van der Waals surface area contributed by atoms with Crippen molar-refractivity contribution in [1.29, 1.82) is 0 Å². The maximum atomic E-state index is 11.1. The lowest BCUT2D eigenvalue weighted by Gasteiger charge is -2.07. The van der Waals surface area contributed by atoms with Crippen LogP contribution in [0, 0.1) is 0 Å². The highest BCUT2D eigenvalue weighted by Crippen LogP contribution is 2.20. The van der Waals surface area contributed by atoms with Gasteiger partial charge in [-0.1, -0.05) is 0 Å². The average Bonchev–Trinajstić information content (AvgIpc) is 2.49. The van der Waals surface area contributed by atoms with Crippen LogP contribution >= 0.6 is 12.6 Å². The van der Waals surface area contributed by atoms with Crippen LogP contribution < -0.4 is 10.6 Å². The van der Waals surface area contributed by atoms with Crippen molar-refractivity contribution in [2.75, 3.05) is 10.6 Å². The first kappa shape index (κ1) is 14.3. The molecular weight excluding hydrogens is 296 g/mol. The Morgan fingerprint density at radius 2 is 1.82 bits per heavy atom. The predicted octanol–water partition coefficient (Wildman–Crippen LogP) is 3.62. The largest absolute Gasteiger partial charge is 0.326 e. The van der Waals surface area contributed by atoms with E-state index in [1.54, 1.807) is 6.20 Å². The molecular formula is C16H14N4OS. The molecule has 6 heteroatoms. The smallest absolute Gasteiger partial charge is 0.227 e. The summed E-state index contributed by atoms with van der Waals surface area (Å²) in [5.41, 5.74) is 2.36. The lowest BCUT2D eigenvalue weighted by molar-refractivity contribution is -0.114. The van der Waals surface area contributed by atoms with Gasteiger partial charge in [0, 0.05) is 34.8 Å². The number of hydrogen-bond donors (Lipinski definition) is 3. The van der Waals surface area contributed by atoms with E-state index in [-0.39, 0.29) is 5.91 Å². The molecule has 0 unspecified atom stereocenters. The average molecular weight is 310 g/mol. The molecule has 3 aromatic rings. The summed E-state index contributed by atoms with van der Waals surface area (Å²) in [5.74, 6) is 0.387. The van der Waals surface area contributed by atoms with Gasteiger partial charge in [-0.15, -0.1) is 12.6 Å². The van der Waals surface area contributed by atoms with Crippen molar-refractivity contribution in [1.82, 2.24) is 9.97 Å². The Labute approximate surface area is 133 Å². The number of aromatic nitrogens is 2. The second-order valence-electron chi connectivity index (χ2n) is 4.82. The molecule has 0 saturated carbocycles. The van der Waals surface area contributed by atoms with Gasteiger partial charge in [0.15, 0.2) is 0 Å². The van der Waals surface area contributed by atoms with Crippen LogP contribution in [0.2, 0.25) is 0 Å². The number of rotatable bonds is 3. The van der Waals surface area contributed by atoms with Crippen LogP contribution in [0.15, 0.2) is 53.6 Å². The number of fused-ring (bicyclic) bond motifs is 1. The Balaban J connectivity index is 1.90. The molecule has 0 atom stereocenters. The van der Waals surface area contributed by atoms with Gasteiger partial charge in [-0.2, -0.15) is 0 Å². The van der Waals surface area contributed by atoms with E-state index < -0.39 is 0 Å². The van der Waals surface area contributed by atoms with E-state index in [4.69, 9.17) is 0 Å². The topological polar surface area (TPSA) is 66.9 Å². The molecule has 110 valence electrons. The molecule has 22 heavy (non-hydrogen) atoms. The van der Waals surface area contributed by atoms with Crippen molar-refractivity contribution >= 4 is 46.8 Å². The van der Waals surface area contributed by atoms with Crippen molar-refractivity contribution in [2.24, 2.45) is 0 Å². The quantitative estimate of drug-likeness (QED) is 0.646. The first-order valence-corrected chi connectivity index (χ1v) is 7.15. The molecule has 0 spiro atoms. The zero-order chi connectivity index (χ0) is 15.5. The molecule has 0 aliphatic carbocycles. The Morgan fingerprint density at radius 1 is 1.09 bits per heavy atom. The standard InChI is InChI=1S/C16H14N4OS/c1-10(21)18-13-3-2-11-9-17-16(20-15(11)8-13)19-12-4-6-14(22)7-5-12/h2-9,22H,1H3,(H,18,21)(H,17,19,20). The number of carbonyl (C=O) groups excluding carboxylic acids is 1. The second-order valence-corrected chi connectivity index (χ2v) is 5.34. The summed E-state index contributed by atoms with van der Waals surface area (Å²) in [6, 6.07) is 13.1.